The number of β-amino-alcohol motifs (C(OH)–C–C–N with tert-alkyl or cyclic N) is 1. The topological polar surface area (TPSA) is 102 Å². The van der Waals surface area contributed by atoms with Gasteiger partial charge in [-0.25, -0.2) is 9.59 Å². The average molecular weight is 973 g/mol. The molecule has 2 aliphatic heterocycles. The lowest BCUT2D eigenvalue weighted by atomic mass is 9.68. The van der Waals surface area contributed by atoms with Crippen LogP contribution in [-0.2, 0) is 35.0 Å². The van der Waals surface area contributed by atoms with Crippen LogP contribution in [-0.4, -0.2) is 148 Å². The number of aliphatic hydroxyl groups is 1. The van der Waals surface area contributed by atoms with Crippen LogP contribution < -0.4 is 9.47 Å². The van der Waals surface area contributed by atoms with Crippen LogP contribution >= 0.6 is 0 Å². The number of rotatable bonds is 19. The molecule has 1 N–H and O–H groups in total. The number of hydrogen-bond acceptors (Lipinski definition) is 8. The van der Waals surface area contributed by atoms with Crippen molar-refractivity contribution in [2.45, 2.75) is 119 Å². The molecule has 378 valence electrons. The minimum absolute atomic E-state index is 0.00111. The molecule has 2 heterocycles. The van der Waals surface area contributed by atoms with Gasteiger partial charge in [-0.05, 0) is 157 Å². The second kappa shape index (κ2) is 21.0. The van der Waals surface area contributed by atoms with Gasteiger partial charge >= 0.3 is 12.1 Å². The molecule has 13 heteroatoms. The molecule has 8 rings (SSSR count). The highest BCUT2D eigenvalue weighted by Gasteiger charge is 2.56. The highest BCUT2D eigenvalue weighted by Crippen LogP contribution is 2.51. The molecule has 2 saturated carbocycles. The van der Waals surface area contributed by atoms with Gasteiger partial charge in [-0.1, -0.05) is 85.8 Å². The largest absolute Gasteiger partial charge is 0.497 e. The maximum atomic E-state index is 14.7. The molecule has 4 amide bonds. The lowest BCUT2D eigenvalue weighted by molar-refractivity contribution is 0.0201. The molecule has 1 atom stereocenters. The molecule has 12 nitrogen and oxygen atoms in total. The molecular formula is C57H80N6O6Si. The van der Waals surface area contributed by atoms with Crippen LogP contribution in [0.5, 0.6) is 11.5 Å². The SMILES string of the molecule is COc1ccc(CN2CC3(CCC(c4ccccc4)(N(C)C)CC3)N(CCO[Si](C)(C)C(C)Cc3cc(OC)ccc3CN3CC4(CCC(c5ccccc5)(N(C)C)CC4)N(CCO)C3=O)C2=O)cc1. The summed E-state index contributed by atoms with van der Waals surface area (Å²) >= 11 is 0. The Morgan fingerprint density at radius 3 is 1.56 bits per heavy atom. The highest BCUT2D eigenvalue weighted by atomic mass is 28.4. The third kappa shape index (κ3) is 9.98. The van der Waals surface area contributed by atoms with Crippen molar-refractivity contribution < 1.29 is 28.6 Å². The average Bonchev–Trinajstić information content (AvgIpc) is 3.76. The van der Waals surface area contributed by atoms with Crippen LogP contribution in [0.2, 0.25) is 18.6 Å². The molecule has 70 heavy (non-hydrogen) atoms. The number of aliphatic hydroxyl groups excluding tert-OH is 1. The molecule has 1 unspecified atom stereocenters. The number of methoxy groups -OCH3 is 2. The Kier molecular flexibility index (Phi) is 15.5. The Bertz CT molecular complexity index is 2380. The van der Waals surface area contributed by atoms with Crippen LogP contribution in [0.3, 0.4) is 0 Å². The van der Waals surface area contributed by atoms with E-state index in [1.165, 1.54) is 11.1 Å². The zero-order valence-corrected chi connectivity index (χ0v) is 44.6. The maximum absolute atomic E-state index is 14.7. The second-order valence-corrected chi connectivity index (χ2v) is 26.4. The third-order valence-electron chi connectivity index (χ3n) is 17.6. The van der Waals surface area contributed by atoms with E-state index in [2.05, 4.69) is 153 Å². The van der Waals surface area contributed by atoms with Crippen LogP contribution in [0.4, 0.5) is 9.59 Å². The number of benzene rings is 4. The van der Waals surface area contributed by atoms with Crippen molar-refractivity contribution in [3.8, 4) is 11.5 Å². The molecule has 2 saturated heterocycles. The molecule has 4 fully saturated rings. The standard InChI is InChI=1S/C57H80N6O6Si/c1-44(38-47-39-51(68-7)25-22-46(47)41-61-43-54(62(34-36-64)53(61)66)26-30-56(31-27-54,58(2)3)48-16-12-10-13-17-48)70(8,9)69-37-35-63-52(65)60(40-45-20-23-50(67-6)24-21-45)42-55(63)28-32-57(33-29-55,59(4)5)49-18-14-11-15-19-49/h10-25,39,44,64H,26-38,40-43H2,1-9H3. The number of amides is 4. The Morgan fingerprint density at radius 2 is 1.09 bits per heavy atom. The number of urea groups is 2. The summed E-state index contributed by atoms with van der Waals surface area (Å²) in [6.07, 6.45) is 8.09. The van der Waals surface area contributed by atoms with Gasteiger partial charge in [-0.2, -0.15) is 0 Å². The van der Waals surface area contributed by atoms with Crippen molar-refractivity contribution in [3.05, 3.63) is 131 Å². The summed E-state index contributed by atoms with van der Waals surface area (Å²) < 4.78 is 18.3. The van der Waals surface area contributed by atoms with Crippen LogP contribution in [0, 0.1) is 0 Å². The zero-order valence-electron chi connectivity index (χ0n) is 43.6. The van der Waals surface area contributed by atoms with Gasteiger partial charge < -0.3 is 38.6 Å². The van der Waals surface area contributed by atoms with Crippen molar-refractivity contribution in [3.63, 3.8) is 0 Å². The highest BCUT2D eigenvalue weighted by molar-refractivity contribution is 6.72. The number of hydrogen-bond donors (Lipinski definition) is 1. The fraction of sp³-hybridized carbons (Fsp3) is 0.544. The second-order valence-electron chi connectivity index (χ2n) is 21.9. The molecule has 2 spiro atoms. The van der Waals surface area contributed by atoms with Gasteiger partial charge in [0.05, 0.1) is 38.5 Å². The number of ether oxygens (including phenoxy) is 2. The van der Waals surface area contributed by atoms with E-state index in [0.29, 0.717) is 45.9 Å². The quantitative estimate of drug-likeness (QED) is 0.0929. The van der Waals surface area contributed by atoms with Crippen LogP contribution in [0.25, 0.3) is 0 Å². The lowest BCUT2D eigenvalue weighted by Gasteiger charge is -2.51. The zero-order chi connectivity index (χ0) is 49.9. The summed E-state index contributed by atoms with van der Waals surface area (Å²) in [6, 6.07) is 36.1. The van der Waals surface area contributed by atoms with Gasteiger partial charge in [-0.15, -0.1) is 0 Å². The summed E-state index contributed by atoms with van der Waals surface area (Å²) in [5.74, 6) is 1.60. The van der Waals surface area contributed by atoms with Crippen molar-refractivity contribution >= 4 is 20.4 Å². The minimum atomic E-state index is -2.36. The first-order valence-corrected chi connectivity index (χ1v) is 28.7. The van der Waals surface area contributed by atoms with Gasteiger partial charge in [-0.3, -0.25) is 9.80 Å². The summed E-state index contributed by atoms with van der Waals surface area (Å²) in [5.41, 5.74) is 5.40. The third-order valence-corrected chi connectivity index (χ3v) is 21.1. The number of nitrogens with zero attached hydrogens (tertiary/aromatic N) is 6. The van der Waals surface area contributed by atoms with Crippen LogP contribution in [0.15, 0.2) is 103 Å². The van der Waals surface area contributed by atoms with E-state index >= 15 is 0 Å². The summed E-state index contributed by atoms with van der Waals surface area (Å²) in [4.78, 5) is 42.1. The fourth-order valence-corrected chi connectivity index (χ4v) is 14.3. The molecule has 0 bridgehead atoms. The predicted molar refractivity (Wildman–Crippen MR) is 281 cm³/mol. The van der Waals surface area contributed by atoms with Crippen molar-refractivity contribution in [2.75, 3.05) is 81.8 Å². The Balaban J connectivity index is 0.961. The van der Waals surface area contributed by atoms with E-state index in [1.54, 1.807) is 14.2 Å². The Labute approximate surface area is 419 Å². The van der Waals surface area contributed by atoms with E-state index in [-0.39, 0.29) is 46.4 Å². The number of carbonyl (C=O) groups is 2. The first kappa shape index (κ1) is 51.4. The smallest absolute Gasteiger partial charge is 0.320 e. The molecular weight excluding hydrogens is 893 g/mol. The van der Waals surface area contributed by atoms with Gasteiger partial charge in [0.25, 0.3) is 0 Å². The maximum Gasteiger partial charge on any atom is 0.320 e. The normalized spacial score (nSPS) is 25.5. The minimum Gasteiger partial charge on any atom is -0.497 e. The summed E-state index contributed by atoms with van der Waals surface area (Å²) in [5, 5.41) is 10.3. The van der Waals surface area contributed by atoms with Crippen LogP contribution in [0.1, 0.15) is 86.1 Å². The molecule has 2 aliphatic carbocycles. The molecule has 0 aromatic heterocycles. The Hall–Kier alpha value is -4.92. The van der Waals surface area contributed by atoms with E-state index in [4.69, 9.17) is 13.9 Å². The summed E-state index contributed by atoms with van der Waals surface area (Å²) in [7, 11) is 9.76. The molecule has 4 aromatic rings. The lowest BCUT2D eigenvalue weighted by Crippen LogP contribution is -2.56. The van der Waals surface area contributed by atoms with Crippen molar-refractivity contribution in [2.24, 2.45) is 0 Å². The van der Waals surface area contributed by atoms with E-state index < -0.39 is 8.32 Å². The van der Waals surface area contributed by atoms with Gasteiger partial charge in [0.1, 0.15) is 11.5 Å². The molecule has 4 aliphatic rings. The first-order valence-electron chi connectivity index (χ1n) is 25.7. The van der Waals surface area contributed by atoms with E-state index in [9.17, 15) is 14.7 Å². The molecule has 4 aromatic carbocycles. The monoisotopic (exact) mass is 973 g/mol. The van der Waals surface area contributed by atoms with Gasteiger partial charge in [0, 0.05) is 50.3 Å². The van der Waals surface area contributed by atoms with Gasteiger partial charge in [0.2, 0.25) is 0 Å². The van der Waals surface area contributed by atoms with E-state index in [1.807, 2.05) is 28.0 Å². The van der Waals surface area contributed by atoms with E-state index in [0.717, 1.165) is 86.0 Å². The first-order chi connectivity index (χ1) is 33.5. The molecule has 0 radical (unpaired) electrons. The Morgan fingerprint density at radius 1 is 0.614 bits per heavy atom. The predicted octanol–water partition coefficient (Wildman–Crippen LogP) is 9.57. The van der Waals surface area contributed by atoms with Crippen molar-refractivity contribution in [1.82, 2.24) is 29.4 Å². The fourth-order valence-electron chi connectivity index (χ4n) is 12.7. The summed E-state index contributed by atoms with van der Waals surface area (Å²) in [6.45, 7) is 10.5. The van der Waals surface area contributed by atoms with Gasteiger partial charge in [0.15, 0.2) is 8.32 Å². The van der Waals surface area contributed by atoms with Crippen molar-refractivity contribution in [1.29, 1.82) is 0 Å². The number of carbonyl (C=O) groups excluding carboxylic acids is 2.